The summed E-state index contributed by atoms with van der Waals surface area (Å²) >= 11 is 6.09. The maximum Gasteiger partial charge on any atom is 0.258 e. The molecule has 1 fully saturated rings. The minimum absolute atomic E-state index is 0.00614. The number of nitrogens with zero attached hydrogens (tertiary/aromatic N) is 4. The number of hydrogen-bond donors (Lipinski definition) is 1. The molecule has 0 aliphatic carbocycles. The summed E-state index contributed by atoms with van der Waals surface area (Å²) in [7, 11) is 0. The van der Waals surface area contributed by atoms with E-state index in [1.54, 1.807) is 20.8 Å². The first-order valence-corrected chi connectivity index (χ1v) is 9.25. The number of hydrogen-bond acceptors (Lipinski definition) is 5. The molecule has 0 unspecified atom stereocenters. The van der Waals surface area contributed by atoms with Crippen molar-refractivity contribution in [1.82, 2.24) is 14.6 Å². The largest absolute Gasteiger partial charge is 0.382 e. The summed E-state index contributed by atoms with van der Waals surface area (Å²) in [6, 6.07) is 3.95. The molecule has 0 saturated carbocycles. The third-order valence-corrected chi connectivity index (χ3v) is 5.19. The van der Waals surface area contributed by atoms with Crippen LogP contribution in [0.5, 0.6) is 0 Å². The van der Waals surface area contributed by atoms with Crippen molar-refractivity contribution >= 4 is 34.5 Å². The zero-order valence-corrected chi connectivity index (χ0v) is 16.7. The van der Waals surface area contributed by atoms with Gasteiger partial charge in [0.15, 0.2) is 11.6 Å². The van der Waals surface area contributed by atoms with Gasteiger partial charge in [0, 0.05) is 5.56 Å². The zero-order chi connectivity index (χ0) is 21.1. The number of ether oxygens (including phenoxy) is 1. The fourth-order valence-corrected chi connectivity index (χ4v) is 3.89. The Labute approximate surface area is 170 Å². The Kier molecular flexibility index (Phi) is 4.47. The van der Waals surface area contributed by atoms with Gasteiger partial charge in [-0.25, -0.2) is 18.3 Å². The molecule has 1 aliphatic heterocycles. The van der Waals surface area contributed by atoms with Crippen LogP contribution >= 0.6 is 11.6 Å². The molecular formula is C19H18ClF2N5O2. The Bertz CT molecular complexity index is 1150. The minimum Gasteiger partial charge on any atom is -0.382 e. The molecule has 1 aliphatic rings. The highest BCUT2D eigenvalue weighted by molar-refractivity contribution is 6.35. The van der Waals surface area contributed by atoms with Crippen molar-refractivity contribution in [2.24, 2.45) is 0 Å². The quantitative estimate of drug-likeness (QED) is 0.685. The lowest BCUT2D eigenvalue weighted by Crippen LogP contribution is -2.56. The number of anilines is 2. The molecule has 2 N–H and O–H groups in total. The summed E-state index contributed by atoms with van der Waals surface area (Å²) in [6.07, 6.45) is 0.862. The van der Waals surface area contributed by atoms with Crippen molar-refractivity contribution in [1.29, 1.82) is 0 Å². The summed E-state index contributed by atoms with van der Waals surface area (Å²) in [5.41, 5.74) is 5.10. The van der Waals surface area contributed by atoms with Crippen LogP contribution in [0.3, 0.4) is 0 Å². The van der Waals surface area contributed by atoms with Crippen molar-refractivity contribution < 1.29 is 18.3 Å². The van der Waals surface area contributed by atoms with E-state index in [0.29, 0.717) is 0 Å². The van der Waals surface area contributed by atoms with Gasteiger partial charge in [0.05, 0.1) is 18.3 Å². The van der Waals surface area contributed by atoms with Gasteiger partial charge in [-0.1, -0.05) is 11.6 Å². The molecule has 2 aromatic heterocycles. The van der Waals surface area contributed by atoms with Crippen LogP contribution in [0.2, 0.25) is 5.02 Å². The number of nitrogen functional groups attached to an aromatic ring is 1. The second-order valence-corrected chi connectivity index (χ2v) is 7.78. The van der Waals surface area contributed by atoms with E-state index in [9.17, 15) is 13.6 Å². The van der Waals surface area contributed by atoms with Gasteiger partial charge >= 0.3 is 0 Å². The fraction of sp³-hybridized carbons (Fsp3) is 0.316. The first-order chi connectivity index (χ1) is 13.6. The van der Waals surface area contributed by atoms with Crippen molar-refractivity contribution in [2.75, 3.05) is 17.2 Å². The predicted molar refractivity (Wildman–Crippen MR) is 105 cm³/mol. The van der Waals surface area contributed by atoms with E-state index >= 15 is 0 Å². The van der Waals surface area contributed by atoms with Crippen molar-refractivity contribution in [3.8, 4) is 11.3 Å². The van der Waals surface area contributed by atoms with Crippen LogP contribution in [0.25, 0.3) is 16.8 Å². The van der Waals surface area contributed by atoms with Crippen molar-refractivity contribution in [3.05, 3.63) is 41.2 Å². The number of fused-ring (bicyclic) bond motifs is 1. The maximum atomic E-state index is 14.9. The summed E-state index contributed by atoms with van der Waals surface area (Å²) in [5, 5.41) is 3.79. The molecule has 10 heteroatoms. The molecule has 0 bridgehead atoms. The highest BCUT2D eigenvalue weighted by Gasteiger charge is 2.41. The summed E-state index contributed by atoms with van der Waals surface area (Å²) < 4.78 is 36.5. The van der Waals surface area contributed by atoms with E-state index in [-0.39, 0.29) is 46.0 Å². The number of benzene rings is 1. The molecule has 3 heterocycles. The minimum atomic E-state index is -1.11. The standard InChI is InChI=1S/C19H18ClF2N5O2/c1-9-7-26(18(28)19(2,3)29-9)12-6-10(4-5-11(12)21)15-14(22)13(20)16-17(23)24-8-25-27(15)16/h4-6,8-9H,7H2,1-3H3,(H2,23,24,25)/t9-/m0/s1. The molecule has 0 radical (unpaired) electrons. The maximum absolute atomic E-state index is 14.9. The van der Waals surface area contributed by atoms with Crippen molar-refractivity contribution in [2.45, 2.75) is 32.5 Å². The van der Waals surface area contributed by atoms with Crippen LogP contribution in [0.15, 0.2) is 24.5 Å². The molecule has 3 aromatic rings. The van der Waals surface area contributed by atoms with Crippen molar-refractivity contribution in [3.63, 3.8) is 0 Å². The van der Waals surface area contributed by atoms with Gasteiger partial charge in [0.25, 0.3) is 5.91 Å². The van der Waals surface area contributed by atoms with Crippen LogP contribution < -0.4 is 10.6 Å². The number of nitrogens with two attached hydrogens (primary N) is 1. The number of rotatable bonds is 2. The third-order valence-electron chi connectivity index (χ3n) is 4.84. The van der Waals surface area contributed by atoms with Crippen LogP contribution in [-0.2, 0) is 9.53 Å². The Balaban J connectivity index is 1.90. The lowest BCUT2D eigenvalue weighted by molar-refractivity contribution is -0.153. The molecular weight excluding hydrogens is 404 g/mol. The SMILES string of the molecule is C[C@H]1CN(c2cc(-c3c(F)c(Cl)c4c(N)ncnn34)ccc2F)C(=O)C(C)(C)O1. The number of halogens is 3. The Morgan fingerprint density at radius 1 is 1.34 bits per heavy atom. The lowest BCUT2D eigenvalue weighted by atomic mass is 10.0. The fourth-order valence-electron chi connectivity index (χ4n) is 3.62. The van der Waals surface area contributed by atoms with E-state index in [0.717, 1.165) is 0 Å². The average Bonchev–Trinajstić information content (AvgIpc) is 2.90. The number of carbonyl (C=O) groups is 1. The van der Waals surface area contributed by atoms with Crippen LogP contribution in [0.1, 0.15) is 20.8 Å². The van der Waals surface area contributed by atoms with Crippen LogP contribution in [0, 0.1) is 11.6 Å². The highest BCUT2D eigenvalue weighted by atomic mass is 35.5. The topological polar surface area (TPSA) is 85.8 Å². The first kappa shape index (κ1) is 19.5. The lowest BCUT2D eigenvalue weighted by Gasteiger charge is -2.40. The highest BCUT2D eigenvalue weighted by Crippen LogP contribution is 2.37. The molecule has 0 spiro atoms. The van der Waals surface area contributed by atoms with Gasteiger partial charge in [0.2, 0.25) is 0 Å². The Hall–Kier alpha value is -2.78. The van der Waals surface area contributed by atoms with Crippen LogP contribution in [-0.4, -0.2) is 38.8 Å². The molecule has 1 saturated heterocycles. The number of morpholine rings is 1. The monoisotopic (exact) mass is 421 g/mol. The molecule has 1 amide bonds. The van der Waals surface area contributed by atoms with E-state index in [2.05, 4.69) is 10.1 Å². The van der Waals surface area contributed by atoms with Gasteiger partial charge in [-0.05, 0) is 39.0 Å². The Morgan fingerprint density at radius 3 is 2.79 bits per heavy atom. The van der Waals surface area contributed by atoms with E-state index in [1.165, 1.54) is 33.9 Å². The second-order valence-electron chi connectivity index (χ2n) is 7.40. The molecule has 4 rings (SSSR count). The van der Waals surface area contributed by atoms with Gasteiger partial charge in [-0.15, -0.1) is 0 Å². The van der Waals surface area contributed by atoms with E-state index < -0.39 is 23.1 Å². The zero-order valence-electron chi connectivity index (χ0n) is 15.9. The second kappa shape index (κ2) is 6.64. The Morgan fingerprint density at radius 2 is 2.07 bits per heavy atom. The summed E-state index contributed by atoms with van der Waals surface area (Å²) in [6.45, 7) is 5.21. The predicted octanol–water partition coefficient (Wildman–Crippen LogP) is 3.44. The van der Waals surface area contributed by atoms with Gasteiger partial charge < -0.3 is 15.4 Å². The van der Waals surface area contributed by atoms with E-state index in [1.807, 2.05) is 0 Å². The first-order valence-electron chi connectivity index (χ1n) is 8.87. The molecule has 1 aromatic carbocycles. The summed E-state index contributed by atoms with van der Waals surface area (Å²) in [4.78, 5) is 18.0. The number of aromatic nitrogens is 3. The van der Waals surface area contributed by atoms with Gasteiger partial charge in [-0.3, -0.25) is 4.79 Å². The molecule has 1 atom stereocenters. The molecule has 7 nitrogen and oxygen atoms in total. The van der Waals surface area contributed by atoms with E-state index in [4.69, 9.17) is 22.1 Å². The number of carbonyl (C=O) groups excluding carboxylic acids is 1. The smallest absolute Gasteiger partial charge is 0.258 e. The van der Waals surface area contributed by atoms with Crippen LogP contribution in [0.4, 0.5) is 20.3 Å². The molecule has 152 valence electrons. The van der Waals surface area contributed by atoms with Gasteiger partial charge in [-0.2, -0.15) is 5.10 Å². The average molecular weight is 422 g/mol. The third kappa shape index (κ3) is 3.01. The molecule has 29 heavy (non-hydrogen) atoms. The summed E-state index contributed by atoms with van der Waals surface area (Å²) in [5.74, 6) is -1.76. The normalized spacial score (nSPS) is 19.2. The van der Waals surface area contributed by atoms with Gasteiger partial charge in [0.1, 0.15) is 34.0 Å². The number of amides is 1.